The predicted molar refractivity (Wildman–Crippen MR) is 47.3 cm³/mol. The van der Waals surface area contributed by atoms with Crippen molar-refractivity contribution in [1.29, 1.82) is 0 Å². The van der Waals surface area contributed by atoms with Crippen molar-refractivity contribution < 1.29 is 9.90 Å². The molecule has 0 saturated heterocycles. The lowest BCUT2D eigenvalue weighted by Crippen LogP contribution is -2.28. The van der Waals surface area contributed by atoms with Crippen LogP contribution < -0.4 is 0 Å². The van der Waals surface area contributed by atoms with Crippen LogP contribution in [-0.4, -0.2) is 39.6 Å². The number of imidazole rings is 1. The standard InChI is InChI=1S/C8H13N3O2/c1-10(2)7(8(12)13)6-4-9-5-11(6)3/h4-5,7H,1-3H3,(H,12,13)/t7-/m0/s1. The summed E-state index contributed by atoms with van der Waals surface area (Å²) < 4.78 is 1.71. The average Bonchev–Trinajstić information content (AvgIpc) is 2.35. The van der Waals surface area contributed by atoms with Crippen LogP contribution in [0.4, 0.5) is 0 Å². The summed E-state index contributed by atoms with van der Waals surface area (Å²) in [5.41, 5.74) is 0.678. The summed E-state index contributed by atoms with van der Waals surface area (Å²) in [7, 11) is 5.24. The number of rotatable bonds is 3. The highest BCUT2D eigenvalue weighted by atomic mass is 16.4. The van der Waals surface area contributed by atoms with Gasteiger partial charge in [0.2, 0.25) is 0 Å². The number of hydrogen-bond acceptors (Lipinski definition) is 3. The van der Waals surface area contributed by atoms with Gasteiger partial charge in [0.1, 0.15) is 6.04 Å². The third-order valence-corrected chi connectivity index (χ3v) is 1.88. The molecule has 5 nitrogen and oxygen atoms in total. The summed E-state index contributed by atoms with van der Waals surface area (Å²) in [5, 5.41) is 8.96. The summed E-state index contributed by atoms with van der Waals surface area (Å²) in [6.07, 6.45) is 3.16. The fraction of sp³-hybridized carbons (Fsp3) is 0.500. The number of carboxylic acids is 1. The maximum absolute atomic E-state index is 10.9. The van der Waals surface area contributed by atoms with Crippen LogP contribution in [0.1, 0.15) is 11.7 Å². The normalized spacial score (nSPS) is 13.2. The van der Waals surface area contributed by atoms with E-state index in [2.05, 4.69) is 4.98 Å². The van der Waals surface area contributed by atoms with Crippen LogP contribution >= 0.6 is 0 Å². The van der Waals surface area contributed by atoms with E-state index in [9.17, 15) is 4.79 Å². The summed E-state index contributed by atoms with van der Waals surface area (Å²) in [6.45, 7) is 0. The molecule has 0 radical (unpaired) electrons. The van der Waals surface area contributed by atoms with Gasteiger partial charge < -0.3 is 9.67 Å². The molecule has 72 valence electrons. The van der Waals surface area contributed by atoms with E-state index < -0.39 is 12.0 Å². The summed E-state index contributed by atoms with van der Waals surface area (Å²) in [6, 6.07) is -0.632. The molecule has 0 unspecified atom stereocenters. The Balaban J connectivity index is 3.02. The number of carboxylic acid groups (broad SMARTS) is 1. The molecule has 1 aromatic heterocycles. The third kappa shape index (κ3) is 1.86. The first-order valence-electron chi connectivity index (χ1n) is 3.89. The zero-order chi connectivity index (χ0) is 10.0. The molecule has 5 heteroatoms. The highest BCUT2D eigenvalue weighted by molar-refractivity contribution is 5.74. The number of hydrogen-bond donors (Lipinski definition) is 1. The van der Waals surface area contributed by atoms with Gasteiger partial charge in [0.15, 0.2) is 0 Å². The Morgan fingerprint density at radius 2 is 2.31 bits per heavy atom. The molecular weight excluding hydrogens is 170 g/mol. The van der Waals surface area contributed by atoms with Gasteiger partial charge in [-0.1, -0.05) is 0 Å². The monoisotopic (exact) mass is 183 g/mol. The van der Waals surface area contributed by atoms with Gasteiger partial charge in [0.25, 0.3) is 0 Å². The molecule has 0 spiro atoms. The number of aromatic nitrogens is 2. The first kappa shape index (κ1) is 9.73. The number of aliphatic carboxylic acids is 1. The fourth-order valence-corrected chi connectivity index (χ4v) is 1.24. The van der Waals surface area contributed by atoms with Gasteiger partial charge in [-0.15, -0.1) is 0 Å². The van der Waals surface area contributed by atoms with Crippen LogP contribution in [0.15, 0.2) is 12.5 Å². The van der Waals surface area contributed by atoms with Gasteiger partial charge in [-0.3, -0.25) is 9.69 Å². The Bertz CT molecular complexity index is 306. The van der Waals surface area contributed by atoms with E-state index in [1.165, 1.54) is 0 Å². The highest BCUT2D eigenvalue weighted by Crippen LogP contribution is 2.16. The molecule has 1 N–H and O–H groups in total. The summed E-state index contributed by atoms with van der Waals surface area (Å²) in [5.74, 6) is -0.867. The van der Waals surface area contributed by atoms with Crippen molar-refractivity contribution >= 4 is 5.97 Å². The molecule has 1 rings (SSSR count). The lowest BCUT2D eigenvalue weighted by atomic mass is 10.2. The molecule has 0 bridgehead atoms. The number of carbonyl (C=O) groups is 1. The first-order valence-corrected chi connectivity index (χ1v) is 3.89. The van der Waals surface area contributed by atoms with Crippen molar-refractivity contribution in [2.75, 3.05) is 14.1 Å². The molecule has 1 aromatic rings. The molecule has 13 heavy (non-hydrogen) atoms. The van der Waals surface area contributed by atoms with Crippen molar-refractivity contribution in [3.63, 3.8) is 0 Å². The molecule has 0 saturated carbocycles. The lowest BCUT2D eigenvalue weighted by Gasteiger charge is -2.19. The molecule has 0 fully saturated rings. The van der Waals surface area contributed by atoms with Crippen molar-refractivity contribution in [3.8, 4) is 0 Å². The molecule has 0 amide bonds. The molecule has 1 atom stereocenters. The van der Waals surface area contributed by atoms with Crippen molar-refractivity contribution in [1.82, 2.24) is 14.5 Å². The average molecular weight is 183 g/mol. The van der Waals surface area contributed by atoms with Crippen molar-refractivity contribution in [2.24, 2.45) is 7.05 Å². The Kier molecular flexibility index (Phi) is 2.67. The topological polar surface area (TPSA) is 58.4 Å². The summed E-state index contributed by atoms with van der Waals surface area (Å²) >= 11 is 0. The molecular formula is C8H13N3O2. The zero-order valence-electron chi connectivity index (χ0n) is 7.93. The Morgan fingerprint density at radius 3 is 2.62 bits per heavy atom. The predicted octanol–water partition coefficient (Wildman–Crippen LogP) is 0.107. The number of likely N-dealkylation sites (N-methyl/N-ethyl adjacent to an activating group) is 1. The van der Waals surface area contributed by atoms with E-state index in [0.717, 1.165) is 0 Å². The minimum Gasteiger partial charge on any atom is -0.480 e. The Labute approximate surface area is 76.6 Å². The van der Waals surface area contributed by atoms with Gasteiger partial charge in [-0.25, -0.2) is 4.98 Å². The quantitative estimate of drug-likeness (QED) is 0.722. The van der Waals surface area contributed by atoms with E-state index >= 15 is 0 Å². The summed E-state index contributed by atoms with van der Waals surface area (Å²) in [4.78, 5) is 16.4. The Morgan fingerprint density at radius 1 is 1.69 bits per heavy atom. The highest BCUT2D eigenvalue weighted by Gasteiger charge is 2.24. The van der Waals surface area contributed by atoms with Gasteiger partial charge >= 0.3 is 5.97 Å². The second-order valence-corrected chi connectivity index (χ2v) is 3.13. The number of aryl methyl sites for hydroxylation is 1. The second-order valence-electron chi connectivity index (χ2n) is 3.13. The zero-order valence-corrected chi connectivity index (χ0v) is 7.93. The third-order valence-electron chi connectivity index (χ3n) is 1.88. The van der Waals surface area contributed by atoms with E-state index in [4.69, 9.17) is 5.11 Å². The molecule has 0 aliphatic carbocycles. The van der Waals surface area contributed by atoms with Gasteiger partial charge in [-0.2, -0.15) is 0 Å². The van der Waals surface area contributed by atoms with Gasteiger partial charge in [0.05, 0.1) is 18.2 Å². The van der Waals surface area contributed by atoms with Gasteiger partial charge in [0, 0.05) is 7.05 Å². The van der Waals surface area contributed by atoms with E-state index in [0.29, 0.717) is 5.69 Å². The van der Waals surface area contributed by atoms with Crippen molar-refractivity contribution in [2.45, 2.75) is 6.04 Å². The molecule has 0 aliphatic rings. The van der Waals surface area contributed by atoms with Crippen LogP contribution in [-0.2, 0) is 11.8 Å². The van der Waals surface area contributed by atoms with Crippen LogP contribution in [0.25, 0.3) is 0 Å². The minimum absolute atomic E-state index is 0.632. The lowest BCUT2D eigenvalue weighted by molar-refractivity contribution is -0.142. The van der Waals surface area contributed by atoms with E-state index in [1.807, 2.05) is 0 Å². The molecule has 0 aliphatic heterocycles. The molecule has 0 aromatic carbocycles. The van der Waals surface area contributed by atoms with E-state index in [-0.39, 0.29) is 0 Å². The van der Waals surface area contributed by atoms with Crippen LogP contribution in [0, 0.1) is 0 Å². The second kappa shape index (κ2) is 3.57. The van der Waals surface area contributed by atoms with E-state index in [1.54, 1.807) is 43.1 Å². The van der Waals surface area contributed by atoms with Gasteiger partial charge in [-0.05, 0) is 14.1 Å². The number of nitrogens with zero attached hydrogens (tertiary/aromatic N) is 3. The minimum atomic E-state index is -0.867. The first-order chi connectivity index (χ1) is 6.04. The maximum Gasteiger partial charge on any atom is 0.327 e. The molecule has 1 heterocycles. The largest absolute Gasteiger partial charge is 0.480 e. The van der Waals surface area contributed by atoms with Crippen molar-refractivity contribution in [3.05, 3.63) is 18.2 Å². The van der Waals surface area contributed by atoms with Crippen LogP contribution in [0.5, 0.6) is 0 Å². The maximum atomic E-state index is 10.9. The van der Waals surface area contributed by atoms with Crippen LogP contribution in [0.3, 0.4) is 0 Å². The Hall–Kier alpha value is -1.36. The fourth-order valence-electron chi connectivity index (χ4n) is 1.24. The van der Waals surface area contributed by atoms with Crippen LogP contribution in [0.2, 0.25) is 0 Å². The smallest absolute Gasteiger partial charge is 0.327 e. The SMILES string of the molecule is CN(C)[C@H](C(=O)O)c1cncn1C.